The predicted molar refractivity (Wildman–Crippen MR) is 181 cm³/mol. The van der Waals surface area contributed by atoms with Crippen molar-refractivity contribution in [3.05, 3.63) is 52.7 Å². The van der Waals surface area contributed by atoms with E-state index in [1.807, 2.05) is 52.6 Å². The molecule has 3 saturated carbocycles. The second kappa shape index (κ2) is 13.8. The maximum absolute atomic E-state index is 14.4. The number of thiophene rings is 1. The van der Waals surface area contributed by atoms with E-state index in [0.29, 0.717) is 25.2 Å². The molecule has 1 spiro atoms. The summed E-state index contributed by atoms with van der Waals surface area (Å²) in [7, 11) is 1.87. The number of fused-ring (bicyclic) bond motifs is 2. The zero-order valence-electron chi connectivity index (χ0n) is 27.7. The van der Waals surface area contributed by atoms with Crippen LogP contribution in [-0.4, -0.2) is 118 Å². The zero-order valence-corrected chi connectivity index (χ0v) is 28.6. The second-order valence-electron chi connectivity index (χ2n) is 15.0. The van der Waals surface area contributed by atoms with Gasteiger partial charge in [-0.15, -0.1) is 11.3 Å². The maximum atomic E-state index is 14.4. The van der Waals surface area contributed by atoms with Gasteiger partial charge in [0.05, 0.1) is 19.3 Å². The zero-order chi connectivity index (χ0) is 32.6. The van der Waals surface area contributed by atoms with Gasteiger partial charge in [-0.1, -0.05) is 38.1 Å². The fraction of sp³-hybridized carbons (Fsp3) is 0.694. The Labute approximate surface area is 278 Å². The van der Waals surface area contributed by atoms with Gasteiger partial charge in [0, 0.05) is 36.7 Å². The molecule has 7 atom stereocenters. The number of likely N-dealkylation sites (N-methyl/N-ethyl adjacent to an activating group) is 1. The summed E-state index contributed by atoms with van der Waals surface area (Å²) in [6.07, 6.45) is 2.79. The van der Waals surface area contributed by atoms with E-state index < -0.39 is 36.5 Å². The van der Waals surface area contributed by atoms with E-state index >= 15 is 0 Å². The Morgan fingerprint density at radius 3 is 2.37 bits per heavy atom. The molecule has 7 rings (SSSR count). The highest BCUT2D eigenvalue weighted by Crippen LogP contribution is 2.62. The number of carbonyl (C=O) groups is 1. The summed E-state index contributed by atoms with van der Waals surface area (Å²) >= 11 is 1.46. The van der Waals surface area contributed by atoms with Crippen molar-refractivity contribution in [2.45, 2.75) is 82.3 Å². The number of hydrogen-bond acceptors (Lipinski definition) is 9. The van der Waals surface area contributed by atoms with Crippen LogP contribution >= 0.6 is 11.3 Å². The fourth-order valence-corrected chi connectivity index (χ4v) is 10.2. The number of anilines is 1. The number of benzene rings is 1. The second-order valence-corrected chi connectivity index (χ2v) is 16.0. The minimum atomic E-state index is -1.51. The van der Waals surface area contributed by atoms with Crippen LogP contribution in [0, 0.1) is 23.2 Å². The highest BCUT2D eigenvalue weighted by Gasteiger charge is 2.55. The summed E-state index contributed by atoms with van der Waals surface area (Å²) in [5.41, 5.74) is 1.01. The largest absolute Gasteiger partial charge is 0.394 e. The number of likely N-dealkylation sites (tertiary alicyclic amines) is 1. The highest BCUT2D eigenvalue weighted by molar-refractivity contribution is 7.10. The van der Waals surface area contributed by atoms with Gasteiger partial charge in [-0.25, -0.2) is 0 Å². The topological polar surface area (TPSA) is 111 Å². The number of hydrogen-bond donors (Lipinski definition) is 4. The molecule has 4 N–H and O–H groups in total. The molecule has 5 fully saturated rings. The first-order valence-corrected chi connectivity index (χ1v) is 18.2. The Balaban J connectivity index is 1.12. The Kier molecular flexibility index (Phi) is 10.2. The minimum Gasteiger partial charge on any atom is -0.394 e. The van der Waals surface area contributed by atoms with Crippen LogP contribution in [0.1, 0.15) is 63.3 Å². The minimum absolute atomic E-state index is 0.169. The number of aliphatic hydroxyl groups excluding tert-OH is 4. The molecular weight excluding hydrogens is 600 g/mol. The van der Waals surface area contributed by atoms with Crippen LogP contribution in [0.5, 0.6) is 0 Å². The summed E-state index contributed by atoms with van der Waals surface area (Å²) in [4.78, 5) is 24.0. The SMILES string of the molecule is CN(CCN1CN(c2ccccc2)C2(CCN(CCC3CCC4CC3C4(C)C)CC2)C1=O)C(c1cccs1)C(O)C(O)C(O)CO. The van der Waals surface area contributed by atoms with Crippen molar-refractivity contribution in [3.63, 3.8) is 0 Å². The van der Waals surface area contributed by atoms with Gasteiger partial charge in [0.1, 0.15) is 23.9 Å². The fourth-order valence-electron chi connectivity index (χ4n) is 9.22. The smallest absolute Gasteiger partial charge is 0.250 e. The van der Waals surface area contributed by atoms with Crippen LogP contribution in [0.4, 0.5) is 5.69 Å². The van der Waals surface area contributed by atoms with Gasteiger partial charge in [-0.3, -0.25) is 9.69 Å². The van der Waals surface area contributed by atoms with Crippen LogP contribution in [-0.2, 0) is 4.79 Å². The van der Waals surface area contributed by atoms with Gasteiger partial charge in [-0.2, -0.15) is 0 Å². The first-order valence-electron chi connectivity index (χ1n) is 17.3. The highest BCUT2D eigenvalue weighted by atomic mass is 32.1. The Morgan fingerprint density at radius 1 is 1.00 bits per heavy atom. The third kappa shape index (κ3) is 6.27. The number of carbonyl (C=O) groups excluding carboxylic acids is 1. The van der Waals surface area contributed by atoms with Crippen molar-refractivity contribution in [1.29, 1.82) is 0 Å². The molecule has 0 radical (unpaired) electrons. The van der Waals surface area contributed by atoms with Crippen molar-refractivity contribution in [2.24, 2.45) is 23.2 Å². The molecule has 1 aromatic heterocycles. The number of piperidine rings is 1. The number of aliphatic hydroxyl groups is 4. The molecule has 3 heterocycles. The van der Waals surface area contributed by atoms with Gasteiger partial charge in [-0.05, 0) is 98.9 Å². The molecule has 2 bridgehead atoms. The number of rotatable bonds is 13. The molecule has 254 valence electrons. The lowest BCUT2D eigenvalue weighted by atomic mass is 9.45. The van der Waals surface area contributed by atoms with E-state index in [0.717, 1.165) is 60.8 Å². The van der Waals surface area contributed by atoms with Gasteiger partial charge < -0.3 is 35.1 Å². The molecule has 1 amide bonds. The molecule has 2 aromatic rings. The Morgan fingerprint density at radius 2 is 1.74 bits per heavy atom. The van der Waals surface area contributed by atoms with Crippen LogP contribution in [0.2, 0.25) is 0 Å². The van der Waals surface area contributed by atoms with Crippen LogP contribution in [0.15, 0.2) is 47.8 Å². The van der Waals surface area contributed by atoms with Crippen LogP contribution in [0.3, 0.4) is 0 Å². The van der Waals surface area contributed by atoms with Gasteiger partial charge in [0.25, 0.3) is 0 Å². The van der Waals surface area contributed by atoms with Gasteiger partial charge >= 0.3 is 0 Å². The van der Waals surface area contributed by atoms with E-state index in [4.69, 9.17) is 0 Å². The maximum Gasteiger partial charge on any atom is 0.250 e. The summed E-state index contributed by atoms with van der Waals surface area (Å²) < 4.78 is 0. The molecule has 10 heteroatoms. The lowest BCUT2D eigenvalue weighted by Crippen LogP contribution is -2.57. The normalized spacial score (nSPS) is 28.3. The monoisotopic (exact) mass is 654 g/mol. The lowest BCUT2D eigenvalue weighted by molar-refractivity contribution is -0.134. The van der Waals surface area contributed by atoms with Crippen molar-refractivity contribution in [2.75, 3.05) is 57.9 Å². The van der Waals surface area contributed by atoms with E-state index in [9.17, 15) is 25.2 Å². The van der Waals surface area contributed by atoms with E-state index in [-0.39, 0.29) is 5.91 Å². The van der Waals surface area contributed by atoms with E-state index in [1.54, 1.807) is 0 Å². The van der Waals surface area contributed by atoms with E-state index in [1.165, 1.54) is 37.0 Å². The molecule has 5 aliphatic rings. The number of para-hydroxylation sites is 1. The summed E-state index contributed by atoms with van der Waals surface area (Å²) in [6, 6.07) is 13.5. The van der Waals surface area contributed by atoms with Crippen LogP contribution in [0.25, 0.3) is 0 Å². The van der Waals surface area contributed by atoms with Gasteiger partial charge in [0.15, 0.2) is 0 Å². The van der Waals surface area contributed by atoms with Crippen molar-refractivity contribution in [1.82, 2.24) is 14.7 Å². The number of amides is 1. The van der Waals surface area contributed by atoms with Crippen molar-refractivity contribution in [3.8, 4) is 0 Å². The molecule has 2 saturated heterocycles. The Hall–Kier alpha value is -2.05. The summed E-state index contributed by atoms with van der Waals surface area (Å²) in [6.45, 7) is 8.72. The Bertz CT molecular complexity index is 1280. The van der Waals surface area contributed by atoms with Crippen molar-refractivity contribution >= 4 is 22.9 Å². The molecule has 1 aromatic carbocycles. The average Bonchev–Trinajstić information content (AvgIpc) is 3.70. The molecular formula is C36H54N4O5S. The first kappa shape index (κ1) is 33.8. The van der Waals surface area contributed by atoms with Gasteiger partial charge in [0.2, 0.25) is 5.91 Å². The molecule has 2 aliphatic heterocycles. The van der Waals surface area contributed by atoms with E-state index in [2.05, 4.69) is 35.8 Å². The standard InChI is InChI=1S/C36H54N4O5S/c1-35(2)26-12-11-25(28(35)22-26)13-16-38-17-14-36(15-18-38)34(45)39(24-40(36)27-8-5-4-6-9-27)20-19-37(3)31(30-10-7-21-46-30)33(44)32(43)29(42)23-41/h4-10,21,25-26,28-29,31-33,41-44H,11-20,22-24H2,1-3H3. The lowest BCUT2D eigenvalue weighted by Gasteiger charge is -2.60. The predicted octanol–water partition coefficient (Wildman–Crippen LogP) is 3.40. The first-order chi connectivity index (χ1) is 22.1. The summed E-state index contributed by atoms with van der Waals surface area (Å²) in [5.74, 6) is 2.81. The molecule has 9 nitrogen and oxygen atoms in total. The molecule has 46 heavy (non-hydrogen) atoms. The molecule has 3 aliphatic carbocycles. The third-order valence-corrected chi connectivity index (χ3v) is 13.3. The molecule has 7 unspecified atom stereocenters. The quantitative estimate of drug-likeness (QED) is 0.260. The van der Waals surface area contributed by atoms with Crippen LogP contribution < -0.4 is 4.90 Å². The summed E-state index contributed by atoms with van der Waals surface area (Å²) in [5, 5.41) is 43.0. The third-order valence-electron chi connectivity index (χ3n) is 12.4. The number of nitrogens with zero attached hydrogens (tertiary/aromatic N) is 4. The van der Waals surface area contributed by atoms with Crippen molar-refractivity contribution < 1.29 is 25.2 Å². The average molecular weight is 655 g/mol.